The van der Waals surface area contributed by atoms with Crippen LogP contribution in [-0.2, 0) is 20.7 Å². The smallest absolute Gasteiger partial charge is 0.310 e. The lowest BCUT2D eigenvalue weighted by Gasteiger charge is -2.08. The molecule has 2 aromatic rings. The molecule has 0 radical (unpaired) electrons. The van der Waals surface area contributed by atoms with Gasteiger partial charge in [-0.15, -0.1) is 0 Å². The van der Waals surface area contributed by atoms with Crippen LogP contribution in [0.25, 0.3) is 0 Å². The van der Waals surface area contributed by atoms with Gasteiger partial charge in [0.25, 0.3) is 5.91 Å². The highest BCUT2D eigenvalue weighted by molar-refractivity contribution is 5.81. The van der Waals surface area contributed by atoms with Crippen molar-refractivity contribution in [2.24, 2.45) is 0 Å². The Bertz CT molecular complexity index is 736. The summed E-state index contributed by atoms with van der Waals surface area (Å²) in [6, 6.07) is 13.4. The van der Waals surface area contributed by atoms with Gasteiger partial charge < -0.3 is 19.5 Å². The van der Waals surface area contributed by atoms with E-state index >= 15 is 0 Å². The first-order valence-electron chi connectivity index (χ1n) is 8.01. The molecule has 0 heterocycles. The number of carbonyl (C=O) groups is 2. The highest BCUT2D eigenvalue weighted by Gasteiger charge is 2.10. The summed E-state index contributed by atoms with van der Waals surface area (Å²) in [7, 11) is 1.36. The van der Waals surface area contributed by atoms with Gasteiger partial charge in [-0.25, -0.2) is 4.39 Å². The lowest BCUT2D eigenvalue weighted by Crippen LogP contribution is -2.32. The summed E-state index contributed by atoms with van der Waals surface area (Å²) in [6.07, 6.45) is -0.134. The van der Waals surface area contributed by atoms with Gasteiger partial charge in [-0.05, 0) is 29.8 Å². The molecule has 2 rings (SSSR count). The van der Waals surface area contributed by atoms with E-state index < -0.39 is 24.3 Å². The second kappa shape index (κ2) is 10.0. The van der Waals surface area contributed by atoms with Crippen LogP contribution in [0.5, 0.6) is 11.5 Å². The van der Waals surface area contributed by atoms with Crippen molar-refractivity contribution in [2.75, 3.05) is 26.9 Å². The van der Waals surface area contributed by atoms with Gasteiger partial charge in [0.1, 0.15) is 12.4 Å². The Morgan fingerprint density at radius 1 is 1.12 bits per heavy atom. The predicted molar refractivity (Wildman–Crippen MR) is 92.6 cm³/mol. The fourth-order valence-corrected chi connectivity index (χ4v) is 2.11. The average molecular weight is 361 g/mol. The molecule has 7 heteroatoms. The minimum atomic E-state index is -0.620. The molecule has 0 saturated carbocycles. The Morgan fingerprint density at radius 2 is 1.88 bits per heavy atom. The summed E-state index contributed by atoms with van der Waals surface area (Å²) in [4.78, 5) is 23.3. The summed E-state index contributed by atoms with van der Waals surface area (Å²) in [6.45, 7) is 0.187. The van der Waals surface area contributed by atoms with Gasteiger partial charge in [0, 0.05) is 0 Å². The first-order chi connectivity index (χ1) is 12.6. The summed E-state index contributed by atoms with van der Waals surface area (Å²) in [5.41, 5.74) is 0.435. The summed E-state index contributed by atoms with van der Waals surface area (Å²) >= 11 is 0. The van der Waals surface area contributed by atoms with Gasteiger partial charge in [-0.2, -0.15) is 0 Å². The van der Waals surface area contributed by atoms with E-state index in [0.29, 0.717) is 17.9 Å². The molecule has 0 saturated heterocycles. The summed E-state index contributed by atoms with van der Waals surface area (Å²) < 4.78 is 28.7. The lowest BCUT2D eigenvalue weighted by atomic mass is 10.1. The molecule has 0 aliphatic carbocycles. The molecule has 0 aliphatic rings. The second-order valence-corrected chi connectivity index (χ2v) is 5.32. The number of para-hydroxylation sites is 1. The number of methoxy groups -OCH3 is 1. The maximum atomic E-state index is 13.6. The van der Waals surface area contributed by atoms with Crippen molar-refractivity contribution in [1.82, 2.24) is 5.32 Å². The molecule has 1 N–H and O–H groups in total. The highest BCUT2D eigenvalue weighted by Crippen LogP contribution is 2.18. The van der Waals surface area contributed by atoms with Crippen molar-refractivity contribution in [1.29, 1.82) is 0 Å². The van der Waals surface area contributed by atoms with Crippen LogP contribution in [0.4, 0.5) is 4.39 Å². The number of benzene rings is 2. The molecular weight excluding hydrogens is 341 g/mol. The van der Waals surface area contributed by atoms with Gasteiger partial charge in [0.05, 0.1) is 20.1 Å². The number of halogens is 1. The summed E-state index contributed by atoms with van der Waals surface area (Å²) in [5.74, 6) is -0.811. The fourth-order valence-electron chi connectivity index (χ4n) is 2.11. The third-order valence-electron chi connectivity index (χ3n) is 3.37. The topological polar surface area (TPSA) is 73.9 Å². The van der Waals surface area contributed by atoms with Crippen molar-refractivity contribution < 1.29 is 28.2 Å². The number of nitrogens with one attached hydrogen (secondary N) is 1. The fraction of sp³-hybridized carbons (Fsp3) is 0.263. The van der Waals surface area contributed by atoms with E-state index in [0.717, 1.165) is 0 Å². The molecular formula is C19H20FNO5. The van der Waals surface area contributed by atoms with Crippen molar-refractivity contribution in [3.8, 4) is 11.5 Å². The van der Waals surface area contributed by atoms with Crippen LogP contribution < -0.4 is 14.8 Å². The quantitative estimate of drug-likeness (QED) is 0.547. The minimum Gasteiger partial charge on any atom is -0.494 e. The minimum absolute atomic E-state index is 0.0965. The number of rotatable bonds is 9. The van der Waals surface area contributed by atoms with E-state index in [9.17, 15) is 14.0 Å². The van der Waals surface area contributed by atoms with Crippen LogP contribution in [-0.4, -0.2) is 38.7 Å². The number of carbonyl (C=O) groups excluding carboxylic acids is 2. The van der Waals surface area contributed by atoms with Gasteiger partial charge in [0.15, 0.2) is 18.2 Å². The van der Waals surface area contributed by atoms with Crippen LogP contribution in [0, 0.1) is 5.82 Å². The molecule has 6 nitrogen and oxygen atoms in total. The van der Waals surface area contributed by atoms with E-state index in [4.69, 9.17) is 14.2 Å². The van der Waals surface area contributed by atoms with E-state index in [1.165, 1.54) is 19.2 Å². The van der Waals surface area contributed by atoms with Crippen LogP contribution in [0.3, 0.4) is 0 Å². The third kappa shape index (κ3) is 6.43. The largest absolute Gasteiger partial charge is 0.494 e. The average Bonchev–Trinajstić information content (AvgIpc) is 2.64. The Hall–Kier alpha value is -3.09. The zero-order valence-corrected chi connectivity index (χ0v) is 14.4. The monoisotopic (exact) mass is 361 g/mol. The van der Waals surface area contributed by atoms with E-state index in [1.807, 2.05) is 30.3 Å². The van der Waals surface area contributed by atoms with Gasteiger partial charge in [-0.1, -0.05) is 24.3 Å². The predicted octanol–water partition coefficient (Wildman–Crippen LogP) is 2.12. The molecule has 0 unspecified atom stereocenters. The molecule has 26 heavy (non-hydrogen) atoms. The third-order valence-corrected chi connectivity index (χ3v) is 3.37. The van der Waals surface area contributed by atoms with Gasteiger partial charge in [-0.3, -0.25) is 9.59 Å². The van der Waals surface area contributed by atoms with Crippen molar-refractivity contribution >= 4 is 11.9 Å². The SMILES string of the molecule is COc1ccc(CC(=O)OCC(=O)NCCOc2ccccc2)cc1F. The second-order valence-electron chi connectivity index (χ2n) is 5.32. The van der Waals surface area contributed by atoms with Crippen molar-refractivity contribution in [2.45, 2.75) is 6.42 Å². The normalized spacial score (nSPS) is 10.1. The molecule has 0 fully saturated rings. The van der Waals surface area contributed by atoms with E-state index in [2.05, 4.69) is 5.32 Å². The molecule has 1 amide bonds. The molecule has 0 aliphatic heterocycles. The maximum absolute atomic E-state index is 13.6. The first kappa shape index (κ1) is 19.2. The van der Waals surface area contributed by atoms with Crippen molar-refractivity contribution in [3.63, 3.8) is 0 Å². The van der Waals surface area contributed by atoms with Gasteiger partial charge in [0.2, 0.25) is 0 Å². The maximum Gasteiger partial charge on any atom is 0.310 e. The number of amides is 1. The Labute approximate surface area is 150 Å². The van der Waals surface area contributed by atoms with Crippen molar-refractivity contribution in [3.05, 3.63) is 59.9 Å². The molecule has 2 aromatic carbocycles. The number of esters is 1. The Balaban J connectivity index is 1.63. The highest BCUT2D eigenvalue weighted by atomic mass is 19.1. The number of hydrogen-bond donors (Lipinski definition) is 1. The molecule has 0 bridgehead atoms. The summed E-state index contributed by atoms with van der Waals surface area (Å²) in [5, 5.41) is 2.58. The number of hydrogen-bond acceptors (Lipinski definition) is 5. The van der Waals surface area contributed by atoms with E-state index in [1.54, 1.807) is 6.07 Å². The van der Waals surface area contributed by atoms with Crippen LogP contribution in [0.1, 0.15) is 5.56 Å². The van der Waals surface area contributed by atoms with Gasteiger partial charge >= 0.3 is 5.97 Å². The molecule has 138 valence electrons. The van der Waals surface area contributed by atoms with Crippen LogP contribution in [0.2, 0.25) is 0 Å². The Kier molecular flexibility index (Phi) is 7.42. The van der Waals surface area contributed by atoms with Crippen LogP contribution >= 0.6 is 0 Å². The lowest BCUT2D eigenvalue weighted by molar-refractivity contribution is -0.147. The first-order valence-corrected chi connectivity index (χ1v) is 8.01. The number of ether oxygens (including phenoxy) is 3. The zero-order chi connectivity index (χ0) is 18.8. The standard InChI is InChI=1S/C19H20FNO5/c1-24-17-8-7-14(11-16(17)20)12-19(23)26-13-18(22)21-9-10-25-15-5-3-2-4-6-15/h2-8,11H,9-10,12-13H2,1H3,(H,21,22). The molecule has 0 spiro atoms. The van der Waals surface area contributed by atoms with E-state index in [-0.39, 0.29) is 18.7 Å². The molecule has 0 atom stereocenters. The molecule has 0 aromatic heterocycles. The van der Waals surface area contributed by atoms with Crippen LogP contribution in [0.15, 0.2) is 48.5 Å². The Morgan fingerprint density at radius 3 is 2.58 bits per heavy atom. The zero-order valence-electron chi connectivity index (χ0n) is 14.4.